The summed E-state index contributed by atoms with van der Waals surface area (Å²) in [5, 5.41) is 1.77. The van der Waals surface area contributed by atoms with Crippen molar-refractivity contribution in [1.29, 1.82) is 0 Å². The lowest BCUT2D eigenvalue weighted by atomic mass is 10.0. The number of fused-ring (bicyclic) bond motifs is 1. The zero-order chi connectivity index (χ0) is 17.5. The van der Waals surface area contributed by atoms with E-state index in [1.54, 1.807) is 6.20 Å². The number of thiophene rings is 1. The molecule has 1 aromatic carbocycles. The lowest BCUT2D eigenvalue weighted by Gasteiger charge is -2.03. The molecule has 0 saturated heterocycles. The van der Waals surface area contributed by atoms with Crippen LogP contribution in [-0.4, -0.2) is 18.1 Å². The number of hydrogen-bond donors (Lipinski definition) is 0. The Morgan fingerprint density at radius 2 is 1.88 bits per heavy atom. The smallest absolute Gasteiger partial charge is 0.348 e. The first-order valence-electron chi connectivity index (χ1n) is 7.78. The van der Waals surface area contributed by atoms with Gasteiger partial charge in [0.2, 0.25) is 0 Å². The summed E-state index contributed by atoms with van der Waals surface area (Å²) in [6.07, 6.45) is 5.61. The van der Waals surface area contributed by atoms with Crippen molar-refractivity contribution in [3.8, 4) is 0 Å². The highest BCUT2D eigenvalue weighted by Gasteiger charge is 2.13. The molecule has 24 heavy (non-hydrogen) atoms. The van der Waals surface area contributed by atoms with Gasteiger partial charge in [-0.15, -0.1) is 11.3 Å². The van der Waals surface area contributed by atoms with E-state index < -0.39 is 0 Å². The van der Waals surface area contributed by atoms with E-state index in [9.17, 15) is 4.79 Å². The van der Waals surface area contributed by atoms with Crippen LogP contribution >= 0.6 is 22.9 Å². The van der Waals surface area contributed by atoms with Crippen molar-refractivity contribution in [3.63, 3.8) is 0 Å². The minimum absolute atomic E-state index is 0.311. The Morgan fingerprint density at radius 1 is 1.21 bits per heavy atom. The van der Waals surface area contributed by atoms with Crippen molar-refractivity contribution < 1.29 is 9.53 Å². The molecule has 0 bridgehead atoms. The molecule has 0 aliphatic heterocycles. The molecule has 0 fully saturated rings. The van der Waals surface area contributed by atoms with Gasteiger partial charge >= 0.3 is 5.97 Å². The molecule has 3 aromatic rings. The van der Waals surface area contributed by atoms with Crippen LogP contribution in [0.3, 0.4) is 0 Å². The van der Waals surface area contributed by atoms with Crippen molar-refractivity contribution in [2.45, 2.75) is 26.7 Å². The largest absolute Gasteiger partial charge is 0.465 e. The van der Waals surface area contributed by atoms with Crippen LogP contribution in [0.25, 0.3) is 10.1 Å². The molecule has 3 rings (SSSR count). The molecule has 0 aliphatic carbocycles. The highest BCUT2D eigenvalue weighted by Crippen LogP contribution is 2.29. The molecule has 0 saturated carbocycles. The predicted molar refractivity (Wildman–Crippen MR) is 101 cm³/mol. The third kappa shape index (κ3) is 4.56. The fourth-order valence-corrected chi connectivity index (χ4v) is 3.30. The van der Waals surface area contributed by atoms with Gasteiger partial charge in [0.05, 0.1) is 11.8 Å². The maximum absolute atomic E-state index is 11.6. The van der Waals surface area contributed by atoms with Crippen molar-refractivity contribution in [1.82, 2.24) is 4.98 Å². The molecule has 0 aliphatic rings. The number of nitrogens with zero attached hydrogens (tertiary/aromatic N) is 1. The molecule has 5 heteroatoms. The summed E-state index contributed by atoms with van der Waals surface area (Å²) in [4.78, 5) is 16.5. The molecule has 126 valence electrons. The SMILES string of the molecule is CCC.COC(=O)c1cc2c(Cc3ccc(Cl)cc3)cncc2s1. The van der Waals surface area contributed by atoms with E-state index in [0.29, 0.717) is 4.88 Å². The van der Waals surface area contributed by atoms with Crippen molar-refractivity contribution in [2.24, 2.45) is 0 Å². The summed E-state index contributed by atoms with van der Waals surface area (Å²) >= 11 is 7.30. The Morgan fingerprint density at radius 3 is 2.50 bits per heavy atom. The second-order valence-electron chi connectivity index (χ2n) is 5.32. The fraction of sp³-hybridized carbons (Fsp3) is 0.263. The van der Waals surface area contributed by atoms with E-state index in [4.69, 9.17) is 16.3 Å². The first-order valence-corrected chi connectivity index (χ1v) is 8.97. The maximum Gasteiger partial charge on any atom is 0.348 e. The van der Waals surface area contributed by atoms with E-state index in [0.717, 1.165) is 32.7 Å². The Hall–Kier alpha value is -1.91. The normalized spacial score (nSPS) is 10.2. The van der Waals surface area contributed by atoms with Crippen molar-refractivity contribution >= 4 is 39.0 Å². The van der Waals surface area contributed by atoms with Gasteiger partial charge in [0.1, 0.15) is 4.88 Å². The Labute approximate surface area is 151 Å². The second kappa shape index (κ2) is 8.81. The maximum atomic E-state index is 11.6. The highest BCUT2D eigenvalue weighted by molar-refractivity contribution is 7.20. The van der Waals surface area contributed by atoms with Gasteiger partial charge in [0.25, 0.3) is 0 Å². The summed E-state index contributed by atoms with van der Waals surface area (Å²) < 4.78 is 5.76. The van der Waals surface area contributed by atoms with E-state index >= 15 is 0 Å². The summed E-state index contributed by atoms with van der Waals surface area (Å²) in [6, 6.07) is 9.61. The summed E-state index contributed by atoms with van der Waals surface area (Å²) in [6.45, 7) is 4.25. The second-order valence-corrected chi connectivity index (χ2v) is 6.84. The van der Waals surface area contributed by atoms with E-state index in [-0.39, 0.29) is 5.97 Å². The van der Waals surface area contributed by atoms with Gasteiger partial charge in [0, 0.05) is 17.4 Å². The van der Waals surface area contributed by atoms with Crippen molar-refractivity contribution in [3.05, 3.63) is 63.8 Å². The molecule has 2 aromatic heterocycles. The van der Waals surface area contributed by atoms with Crippen LogP contribution in [0.15, 0.2) is 42.7 Å². The Kier molecular flexibility index (Phi) is 6.76. The molecule has 0 unspecified atom stereocenters. The van der Waals surface area contributed by atoms with E-state index in [1.807, 2.05) is 36.5 Å². The summed E-state index contributed by atoms with van der Waals surface area (Å²) in [5.41, 5.74) is 2.24. The van der Waals surface area contributed by atoms with Crippen LogP contribution < -0.4 is 0 Å². The minimum Gasteiger partial charge on any atom is -0.465 e. The molecule has 0 atom stereocenters. The van der Waals surface area contributed by atoms with Gasteiger partial charge in [-0.05, 0) is 41.1 Å². The monoisotopic (exact) mass is 361 g/mol. The first kappa shape index (κ1) is 18.4. The van der Waals surface area contributed by atoms with Gasteiger partial charge < -0.3 is 4.74 Å². The standard InChI is InChI=1S/C16H12ClNO2S.C3H8/c1-20-16(19)14-7-13-11(8-18-9-15(13)21-14)6-10-2-4-12(17)5-3-10;1-3-2/h2-5,7-9H,6H2,1H3;3H2,1-2H3. The zero-order valence-corrected chi connectivity index (χ0v) is 15.6. The van der Waals surface area contributed by atoms with Crippen LogP contribution in [0.4, 0.5) is 0 Å². The first-order chi connectivity index (χ1) is 11.6. The molecule has 0 radical (unpaired) electrons. The van der Waals surface area contributed by atoms with Gasteiger partial charge in [-0.1, -0.05) is 44.0 Å². The number of ether oxygens (including phenoxy) is 1. The van der Waals surface area contributed by atoms with Gasteiger partial charge in [-0.3, -0.25) is 4.98 Å². The number of carbonyl (C=O) groups excluding carboxylic acids is 1. The third-order valence-corrected chi connectivity index (χ3v) is 4.52. The molecule has 2 heterocycles. The number of pyridine rings is 1. The predicted octanol–water partition coefficient (Wildman–Crippen LogP) is 5.74. The van der Waals surface area contributed by atoms with Gasteiger partial charge in [0.15, 0.2) is 0 Å². The number of methoxy groups -OCH3 is 1. The number of benzene rings is 1. The number of carbonyl (C=O) groups is 1. The van der Waals surface area contributed by atoms with Crippen LogP contribution in [0.2, 0.25) is 5.02 Å². The zero-order valence-electron chi connectivity index (χ0n) is 14.0. The minimum atomic E-state index is -0.311. The van der Waals surface area contributed by atoms with Crippen LogP contribution in [-0.2, 0) is 11.2 Å². The number of rotatable bonds is 3. The summed E-state index contributed by atoms with van der Waals surface area (Å²) in [5.74, 6) is -0.311. The van der Waals surface area contributed by atoms with E-state index in [2.05, 4.69) is 18.8 Å². The quantitative estimate of drug-likeness (QED) is 0.558. The Bertz CT molecular complexity index is 812. The summed E-state index contributed by atoms with van der Waals surface area (Å²) in [7, 11) is 1.39. The average molecular weight is 362 g/mol. The number of aromatic nitrogens is 1. The highest BCUT2D eigenvalue weighted by atomic mass is 35.5. The molecule has 3 nitrogen and oxygen atoms in total. The Balaban J connectivity index is 0.000000647. The fourth-order valence-electron chi connectivity index (χ4n) is 2.18. The van der Waals surface area contributed by atoms with Crippen molar-refractivity contribution in [2.75, 3.05) is 7.11 Å². The van der Waals surface area contributed by atoms with Gasteiger partial charge in [-0.2, -0.15) is 0 Å². The van der Waals surface area contributed by atoms with Gasteiger partial charge in [-0.25, -0.2) is 4.79 Å². The van der Waals surface area contributed by atoms with Crippen LogP contribution in [0.5, 0.6) is 0 Å². The average Bonchev–Trinajstić information content (AvgIpc) is 3.02. The number of hydrogen-bond acceptors (Lipinski definition) is 4. The molecule has 0 spiro atoms. The molecule has 0 amide bonds. The van der Waals surface area contributed by atoms with Crippen LogP contribution in [0, 0.1) is 0 Å². The lowest BCUT2D eigenvalue weighted by Crippen LogP contribution is -1.96. The molecular weight excluding hydrogens is 342 g/mol. The third-order valence-electron chi connectivity index (χ3n) is 3.22. The van der Waals surface area contributed by atoms with Crippen LogP contribution in [0.1, 0.15) is 41.1 Å². The number of halogens is 1. The lowest BCUT2D eigenvalue weighted by molar-refractivity contribution is 0.0606. The topological polar surface area (TPSA) is 39.2 Å². The number of esters is 1. The molecule has 0 N–H and O–H groups in total. The van der Waals surface area contributed by atoms with E-state index in [1.165, 1.54) is 24.9 Å². The molecular formula is C19H20ClNO2S.